The molecule has 2 fully saturated rings. The van der Waals surface area contributed by atoms with Gasteiger partial charge in [-0.15, -0.1) is 0 Å². The zero-order chi connectivity index (χ0) is 32.3. The predicted octanol–water partition coefficient (Wildman–Crippen LogP) is 5.21. The molecule has 12 heteroatoms. The van der Waals surface area contributed by atoms with Crippen LogP contribution in [0.4, 0.5) is 18.0 Å². The van der Waals surface area contributed by atoms with Gasteiger partial charge in [-0.3, -0.25) is 19.3 Å². The van der Waals surface area contributed by atoms with Crippen LogP contribution in [-0.2, 0) is 25.3 Å². The number of rotatable bonds is 10. The monoisotopic (exact) mass is 621 g/mol. The number of cyclic esters (lactones) is 1. The summed E-state index contributed by atoms with van der Waals surface area (Å²) in [5.74, 6) is -2.90. The lowest BCUT2D eigenvalue weighted by Crippen LogP contribution is -2.74. The van der Waals surface area contributed by atoms with E-state index in [-0.39, 0.29) is 12.2 Å². The Hall–Kier alpha value is -5.13. The third-order valence-electron chi connectivity index (χ3n) is 7.91. The van der Waals surface area contributed by atoms with Crippen molar-refractivity contribution in [1.82, 2.24) is 15.1 Å². The average molecular weight is 622 g/mol. The Balaban J connectivity index is 1.46. The molecule has 45 heavy (non-hydrogen) atoms. The SMILES string of the molecule is C[C@H](NC(=O)[C@@H](CC(=O)O)N1C(=O)[C@@H](N2C(=O)OC[C@@H]2c2ccccc2)[C@H]1C=Cc1ccccc1)c1cccc(C(F)(F)F)c1. The Labute approximate surface area is 256 Å². The van der Waals surface area contributed by atoms with Crippen molar-refractivity contribution in [2.45, 2.75) is 49.7 Å². The Bertz CT molecular complexity index is 1600. The minimum atomic E-state index is -4.60. The number of carboxylic acid groups (broad SMARTS) is 1. The van der Waals surface area contributed by atoms with Gasteiger partial charge in [0.1, 0.15) is 18.7 Å². The smallest absolute Gasteiger partial charge is 0.416 e. The standard InChI is InChI=1S/C33H30F3N3O6/c1-20(23-13-8-14-24(17-23)33(34,35)36)37-30(42)26(18-28(40)41)38-25(16-15-21-9-4-2-5-10-21)29(31(38)43)39-27(19-45-32(39)44)22-11-6-3-7-12-22/h2-17,20,25-27,29H,18-19H2,1H3,(H,37,42)(H,40,41)/t20-,25+,26+,27+,29-/m0/s1. The summed E-state index contributed by atoms with van der Waals surface area (Å²) in [6.07, 6.45) is -2.76. The van der Waals surface area contributed by atoms with Crippen LogP contribution in [-0.4, -0.2) is 63.5 Å². The molecule has 2 saturated heterocycles. The average Bonchev–Trinajstić information content (AvgIpc) is 3.39. The molecular weight excluding hydrogens is 591 g/mol. The quantitative estimate of drug-likeness (QED) is 0.300. The molecule has 234 valence electrons. The van der Waals surface area contributed by atoms with Gasteiger partial charge in [0.25, 0.3) is 0 Å². The van der Waals surface area contributed by atoms with Crippen LogP contribution in [0.1, 0.15) is 47.7 Å². The summed E-state index contributed by atoms with van der Waals surface area (Å²) in [5, 5.41) is 12.3. The lowest BCUT2D eigenvalue weighted by Gasteiger charge is -2.52. The summed E-state index contributed by atoms with van der Waals surface area (Å²) in [5.41, 5.74) is 0.735. The molecule has 9 nitrogen and oxygen atoms in total. The molecule has 0 unspecified atom stereocenters. The minimum absolute atomic E-state index is 0.00467. The highest BCUT2D eigenvalue weighted by atomic mass is 19.4. The number of β-lactam (4-membered cyclic amide) rings is 1. The summed E-state index contributed by atoms with van der Waals surface area (Å²) in [6, 6.07) is 17.4. The van der Waals surface area contributed by atoms with Crippen LogP contribution in [0.2, 0.25) is 0 Å². The first-order valence-electron chi connectivity index (χ1n) is 14.2. The third kappa shape index (κ3) is 6.69. The van der Waals surface area contributed by atoms with Gasteiger partial charge < -0.3 is 20.1 Å². The largest absolute Gasteiger partial charge is 0.481 e. The van der Waals surface area contributed by atoms with E-state index in [1.54, 1.807) is 48.6 Å². The number of nitrogens with one attached hydrogen (secondary N) is 1. The fourth-order valence-corrected chi connectivity index (χ4v) is 5.66. The van der Waals surface area contributed by atoms with Crippen molar-refractivity contribution in [2.24, 2.45) is 0 Å². The van der Waals surface area contributed by atoms with Crippen LogP contribution in [0.5, 0.6) is 0 Å². The molecule has 0 aromatic heterocycles. The Morgan fingerprint density at radius 3 is 2.33 bits per heavy atom. The van der Waals surface area contributed by atoms with Crippen LogP contribution in [0, 0.1) is 0 Å². The maximum atomic E-state index is 13.9. The van der Waals surface area contributed by atoms with Gasteiger partial charge in [-0.25, -0.2) is 4.79 Å². The number of carbonyl (C=O) groups is 4. The molecule has 2 N–H and O–H groups in total. The summed E-state index contributed by atoms with van der Waals surface area (Å²) in [7, 11) is 0. The molecule has 0 aliphatic carbocycles. The molecule has 0 bridgehead atoms. The second-order valence-electron chi connectivity index (χ2n) is 10.8. The highest BCUT2D eigenvalue weighted by molar-refractivity contribution is 5.99. The first-order valence-corrected chi connectivity index (χ1v) is 14.2. The molecule has 3 aromatic rings. The molecule has 5 atom stereocenters. The molecule has 2 heterocycles. The predicted molar refractivity (Wildman–Crippen MR) is 156 cm³/mol. The Morgan fingerprint density at radius 1 is 1.02 bits per heavy atom. The number of hydrogen-bond acceptors (Lipinski definition) is 5. The van der Waals surface area contributed by atoms with Crippen molar-refractivity contribution in [2.75, 3.05) is 6.61 Å². The number of hydrogen-bond donors (Lipinski definition) is 2. The van der Waals surface area contributed by atoms with Crippen LogP contribution in [0.15, 0.2) is 91.0 Å². The molecule has 0 spiro atoms. The fraction of sp³-hybridized carbons (Fsp3) is 0.273. The second kappa shape index (κ2) is 12.8. The molecule has 2 aliphatic heterocycles. The minimum Gasteiger partial charge on any atom is -0.481 e. The van der Waals surface area contributed by atoms with Crippen molar-refractivity contribution in [3.63, 3.8) is 0 Å². The van der Waals surface area contributed by atoms with Gasteiger partial charge in [0, 0.05) is 0 Å². The van der Waals surface area contributed by atoms with E-state index >= 15 is 0 Å². The second-order valence-corrected chi connectivity index (χ2v) is 10.8. The maximum absolute atomic E-state index is 13.9. The number of nitrogens with zero attached hydrogens (tertiary/aromatic N) is 2. The van der Waals surface area contributed by atoms with E-state index in [2.05, 4.69) is 5.32 Å². The van der Waals surface area contributed by atoms with Crippen molar-refractivity contribution in [1.29, 1.82) is 0 Å². The Morgan fingerprint density at radius 2 is 1.69 bits per heavy atom. The number of amides is 3. The lowest BCUT2D eigenvalue weighted by molar-refractivity contribution is -0.165. The first-order chi connectivity index (χ1) is 21.5. The lowest BCUT2D eigenvalue weighted by atomic mass is 9.87. The van der Waals surface area contributed by atoms with E-state index in [1.165, 1.54) is 24.0 Å². The van der Waals surface area contributed by atoms with Crippen LogP contribution in [0.25, 0.3) is 6.08 Å². The molecule has 0 radical (unpaired) electrons. The van der Waals surface area contributed by atoms with E-state index in [1.807, 2.05) is 24.3 Å². The van der Waals surface area contributed by atoms with Gasteiger partial charge in [0.15, 0.2) is 0 Å². The highest BCUT2D eigenvalue weighted by Gasteiger charge is 2.58. The topological polar surface area (TPSA) is 116 Å². The molecule has 0 saturated carbocycles. The van der Waals surface area contributed by atoms with Gasteiger partial charge in [-0.2, -0.15) is 13.2 Å². The number of carbonyl (C=O) groups excluding carboxylic acids is 3. The summed E-state index contributed by atoms with van der Waals surface area (Å²) >= 11 is 0. The van der Waals surface area contributed by atoms with Crippen molar-refractivity contribution >= 4 is 30.0 Å². The number of ether oxygens (including phenoxy) is 1. The van der Waals surface area contributed by atoms with Crippen LogP contribution in [0.3, 0.4) is 0 Å². The van der Waals surface area contributed by atoms with E-state index < -0.39 is 72.2 Å². The van der Waals surface area contributed by atoms with Gasteiger partial charge in [0.05, 0.1) is 30.1 Å². The van der Waals surface area contributed by atoms with Crippen LogP contribution < -0.4 is 5.32 Å². The van der Waals surface area contributed by atoms with E-state index in [9.17, 15) is 37.5 Å². The van der Waals surface area contributed by atoms with E-state index in [0.717, 1.165) is 28.2 Å². The van der Waals surface area contributed by atoms with Gasteiger partial charge in [-0.05, 0) is 35.7 Å². The zero-order valence-electron chi connectivity index (χ0n) is 24.1. The van der Waals surface area contributed by atoms with Crippen molar-refractivity contribution in [3.05, 3.63) is 113 Å². The number of carboxylic acids is 1. The van der Waals surface area contributed by atoms with Gasteiger partial charge in [0.2, 0.25) is 11.8 Å². The Kier molecular flexibility index (Phi) is 8.94. The summed E-state index contributed by atoms with van der Waals surface area (Å²) in [6.45, 7) is 1.46. The normalized spacial score (nSPS) is 21.3. The van der Waals surface area contributed by atoms with Gasteiger partial charge >= 0.3 is 18.2 Å². The third-order valence-corrected chi connectivity index (χ3v) is 7.91. The maximum Gasteiger partial charge on any atom is 0.416 e. The fourth-order valence-electron chi connectivity index (χ4n) is 5.66. The molecule has 2 aliphatic rings. The number of benzene rings is 3. The number of alkyl halides is 3. The number of halogens is 3. The van der Waals surface area contributed by atoms with E-state index in [4.69, 9.17) is 4.74 Å². The van der Waals surface area contributed by atoms with Crippen molar-refractivity contribution < 1.29 is 42.2 Å². The number of likely N-dealkylation sites (tertiary alicyclic amines) is 1. The summed E-state index contributed by atoms with van der Waals surface area (Å²) in [4.78, 5) is 54.8. The van der Waals surface area contributed by atoms with Crippen molar-refractivity contribution in [3.8, 4) is 0 Å². The molecule has 3 amide bonds. The molecule has 5 rings (SSSR count). The number of aliphatic carboxylic acids is 1. The van der Waals surface area contributed by atoms with Gasteiger partial charge in [-0.1, -0.05) is 84.9 Å². The summed E-state index contributed by atoms with van der Waals surface area (Å²) < 4.78 is 45.2. The van der Waals surface area contributed by atoms with E-state index in [0.29, 0.717) is 0 Å². The first kappa shape index (κ1) is 31.3. The zero-order valence-corrected chi connectivity index (χ0v) is 24.1. The highest BCUT2D eigenvalue weighted by Crippen LogP contribution is 2.39. The molecular formula is C33H30F3N3O6. The molecule has 3 aromatic carbocycles. The van der Waals surface area contributed by atoms with Crippen LogP contribution >= 0.6 is 0 Å².